The highest BCUT2D eigenvalue weighted by Crippen LogP contribution is 2.42. The van der Waals surface area contributed by atoms with Crippen LogP contribution >= 0.6 is 0 Å². The Kier molecular flexibility index (Phi) is 7.43. The molecule has 1 saturated heterocycles. The van der Waals surface area contributed by atoms with E-state index in [0.717, 1.165) is 6.42 Å². The maximum Gasteiger partial charge on any atom is 0.333 e. The normalized spacial score (nSPS) is 21.3. The van der Waals surface area contributed by atoms with Crippen LogP contribution in [-0.2, 0) is 18.7 Å². The summed E-state index contributed by atoms with van der Waals surface area (Å²) in [5, 5.41) is 2.50. The summed E-state index contributed by atoms with van der Waals surface area (Å²) >= 11 is 0. The van der Waals surface area contributed by atoms with Gasteiger partial charge in [-0.25, -0.2) is 4.79 Å². The maximum absolute atomic E-state index is 12.0. The smallest absolute Gasteiger partial charge is 0.333 e. The number of carbonyl (C=O) groups excluding carboxylic acids is 1. The summed E-state index contributed by atoms with van der Waals surface area (Å²) < 4.78 is 18.0. The number of carbonyl (C=O) groups is 1. The molecule has 3 rings (SSSR count). The summed E-state index contributed by atoms with van der Waals surface area (Å²) in [6, 6.07) is 21.3. The quantitative estimate of drug-likeness (QED) is 0.241. The Labute approximate surface area is 193 Å². The zero-order valence-electron chi connectivity index (χ0n) is 20.2. The number of esters is 1. The molecule has 0 aromatic heterocycles. The molecule has 0 bridgehead atoms. The van der Waals surface area contributed by atoms with Gasteiger partial charge < -0.3 is 13.9 Å². The predicted molar refractivity (Wildman–Crippen MR) is 132 cm³/mol. The summed E-state index contributed by atoms with van der Waals surface area (Å²) in [6.07, 6.45) is 2.69. The van der Waals surface area contributed by atoms with Crippen LogP contribution in [0.4, 0.5) is 0 Å². The first kappa shape index (κ1) is 24.4. The Bertz CT molecular complexity index is 894. The molecule has 0 radical (unpaired) electrons. The monoisotopic (exact) mass is 452 g/mol. The standard InChI is InChI=1S/C27H36O4Si/c1-7-29-25(28)21(2)20-27(6)24(31-27)18-19-30-32(26(3,4)5,22-14-10-8-11-15-22)23-16-12-9-13-17-23/h8-17,20,24H,7,18-19H2,1-6H3/b21-20+. The van der Waals surface area contributed by atoms with Crippen molar-refractivity contribution in [1.29, 1.82) is 0 Å². The highest BCUT2D eigenvalue weighted by atomic mass is 28.4. The zero-order valence-corrected chi connectivity index (χ0v) is 21.2. The highest BCUT2D eigenvalue weighted by molar-refractivity contribution is 6.99. The zero-order chi connectivity index (χ0) is 23.4. The van der Waals surface area contributed by atoms with E-state index in [1.807, 2.05) is 19.9 Å². The van der Waals surface area contributed by atoms with Gasteiger partial charge in [0, 0.05) is 12.2 Å². The Morgan fingerprint density at radius 3 is 2.06 bits per heavy atom. The van der Waals surface area contributed by atoms with Gasteiger partial charge in [0.15, 0.2) is 0 Å². The summed E-state index contributed by atoms with van der Waals surface area (Å²) in [4.78, 5) is 12.0. The molecule has 2 atom stereocenters. The largest absolute Gasteiger partial charge is 0.463 e. The minimum Gasteiger partial charge on any atom is -0.463 e. The molecular weight excluding hydrogens is 416 g/mol. The summed E-state index contributed by atoms with van der Waals surface area (Å²) in [5.74, 6) is -0.286. The van der Waals surface area contributed by atoms with Crippen LogP contribution in [0.1, 0.15) is 48.0 Å². The topological polar surface area (TPSA) is 48.1 Å². The molecule has 1 aliphatic rings. The second kappa shape index (κ2) is 9.73. The SMILES string of the molecule is CCOC(=O)/C(C)=C/C1(C)OC1CCO[Si](c1ccccc1)(c1ccccc1)C(C)(C)C. The number of hydrogen-bond donors (Lipinski definition) is 0. The predicted octanol–water partition coefficient (Wildman–Crippen LogP) is 4.62. The fourth-order valence-electron chi connectivity index (χ4n) is 4.56. The van der Waals surface area contributed by atoms with Crippen LogP contribution < -0.4 is 10.4 Å². The van der Waals surface area contributed by atoms with Crippen molar-refractivity contribution >= 4 is 24.7 Å². The second-order valence-corrected chi connectivity index (χ2v) is 13.9. The molecule has 1 heterocycles. The molecule has 2 unspecified atom stereocenters. The average molecular weight is 453 g/mol. The summed E-state index contributed by atoms with van der Waals surface area (Å²) in [7, 11) is -2.54. The molecule has 0 saturated carbocycles. The van der Waals surface area contributed by atoms with Crippen LogP contribution in [-0.4, -0.2) is 39.2 Å². The van der Waals surface area contributed by atoms with Crippen LogP contribution in [0.2, 0.25) is 5.04 Å². The number of rotatable bonds is 9. The Hall–Kier alpha value is -2.21. The van der Waals surface area contributed by atoms with Crippen molar-refractivity contribution < 1.29 is 18.7 Å². The van der Waals surface area contributed by atoms with Crippen LogP contribution in [0, 0.1) is 0 Å². The first-order chi connectivity index (χ1) is 15.1. The number of ether oxygens (including phenoxy) is 2. The second-order valence-electron chi connectivity index (χ2n) is 9.64. The lowest BCUT2D eigenvalue weighted by Crippen LogP contribution is -2.66. The van der Waals surface area contributed by atoms with Crippen LogP contribution in [0.5, 0.6) is 0 Å². The van der Waals surface area contributed by atoms with Gasteiger partial charge in [-0.3, -0.25) is 0 Å². The van der Waals surface area contributed by atoms with Gasteiger partial charge in [0.2, 0.25) is 0 Å². The van der Waals surface area contributed by atoms with E-state index in [4.69, 9.17) is 13.9 Å². The lowest BCUT2D eigenvalue weighted by molar-refractivity contribution is -0.138. The van der Waals surface area contributed by atoms with Crippen LogP contribution in [0.3, 0.4) is 0 Å². The van der Waals surface area contributed by atoms with E-state index < -0.39 is 13.9 Å². The molecule has 1 fully saturated rings. The van der Waals surface area contributed by atoms with E-state index in [0.29, 0.717) is 18.8 Å². The van der Waals surface area contributed by atoms with Gasteiger partial charge in [0.05, 0.1) is 12.7 Å². The number of benzene rings is 2. The van der Waals surface area contributed by atoms with Gasteiger partial charge in [-0.15, -0.1) is 0 Å². The van der Waals surface area contributed by atoms with Crippen LogP contribution in [0.25, 0.3) is 0 Å². The van der Waals surface area contributed by atoms with Crippen molar-refractivity contribution in [3.05, 3.63) is 72.3 Å². The Morgan fingerprint density at radius 2 is 1.59 bits per heavy atom. The molecule has 2 aromatic carbocycles. The van der Waals surface area contributed by atoms with Crippen molar-refractivity contribution in [3.8, 4) is 0 Å². The van der Waals surface area contributed by atoms with Crippen molar-refractivity contribution in [1.82, 2.24) is 0 Å². The molecule has 4 nitrogen and oxygen atoms in total. The van der Waals surface area contributed by atoms with Gasteiger partial charge in [-0.05, 0) is 48.7 Å². The molecule has 32 heavy (non-hydrogen) atoms. The molecule has 0 aliphatic carbocycles. The fourth-order valence-corrected chi connectivity index (χ4v) is 9.14. The molecule has 2 aromatic rings. The minimum absolute atomic E-state index is 0.0325. The number of epoxide rings is 1. The first-order valence-electron chi connectivity index (χ1n) is 11.4. The molecule has 0 spiro atoms. The Morgan fingerprint density at radius 1 is 1.06 bits per heavy atom. The molecule has 172 valence electrons. The van der Waals surface area contributed by atoms with Crippen molar-refractivity contribution in [2.24, 2.45) is 0 Å². The summed E-state index contributed by atoms with van der Waals surface area (Å²) in [5.41, 5.74) is 0.149. The molecule has 5 heteroatoms. The fraction of sp³-hybridized carbons (Fsp3) is 0.444. The molecule has 0 N–H and O–H groups in total. The first-order valence-corrected chi connectivity index (χ1v) is 13.3. The third-order valence-corrected chi connectivity index (χ3v) is 11.2. The van der Waals surface area contributed by atoms with Gasteiger partial charge in [-0.2, -0.15) is 0 Å². The highest BCUT2D eigenvalue weighted by Gasteiger charge is 2.53. The average Bonchev–Trinajstić information content (AvgIpc) is 3.40. The van der Waals surface area contributed by atoms with Crippen molar-refractivity contribution in [3.63, 3.8) is 0 Å². The lowest BCUT2D eigenvalue weighted by Gasteiger charge is -2.43. The lowest BCUT2D eigenvalue weighted by atomic mass is 10.0. The van der Waals surface area contributed by atoms with E-state index in [2.05, 4.69) is 81.4 Å². The van der Waals surface area contributed by atoms with Crippen LogP contribution in [0.15, 0.2) is 72.3 Å². The van der Waals surface area contributed by atoms with Crippen molar-refractivity contribution in [2.75, 3.05) is 13.2 Å². The van der Waals surface area contributed by atoms with Gasteiger partial charge in [0.25, 0.3) is 8.32 Å². The van der Waals surface area contributed by atoms with E-state index in [1.54, 1.807) is 6.92 Å². The van der Waals surface area contributed by atoms with Gasteiger partial charge >= 0.3 is 5.97 Å². The molecule has 1 aliphatic heterocycles. The maximum atomic E-state index is 12.0. The summed E-state index contributed by atoms with van der Waals surface area (Å²) in [6.45, 7) is 13.4. The molecule has 0 amide bonds. The van der Waals surface area contributed by atoms with E-state index in [1.165, 1.54) is 10.4 Å². The van der Waals surface area contributed by atoms with E-state index in [9.17, 15) is 4.79 Å². The Balaban J connectivity index is 1.80. The minimum atomic E-state index is -2.54. The third kappa shape index (κ3) is 5.06. The van der Waals surface area contributed by atoms with E-state index in [-0.39, 0.29) is 17.1 Å². The van der Waals surface area contributed by atoms with Gasteiger partial charge in [0.1, 0.15) is 5.60 Å². The van der Waals surface area contributed by atoms with E-state index >= 15 is 0 Å². The van der Waals surface area contributed by atoms with Gasteiger partial charge in [-0.1, -0.05) is 81.4 Å². The number of hydrogen-bond acceptors (Lipinski definition) is 4. The third-order valence-electron chi connectivity index (χ3n) is 6.19. The van der Waals surface area contributed by atoms with Crippen molar-refractivity contribution in [2.45, 2.75) is 64.7 Å². The molecular formula is C27H36O4Si.